The minimum Gasteiger partial charge on any atom is -0.464 e. The molecule has 0 aliphatic rings. The molecule has 0 aliphatic carbocycles. The highest BCUT2D eigenvalue weighted by Crippen LogP contribution is 2.25. The Labute approximate surface area is 193 Å². The van der Waals surface area contributed by atoms with E-state index in [-0.39, 0.29) is 29.5 Å². The number of methoxy groups -OCH3 is 1. The zero-order chi connectivity index (χ0) is 24.9. The van der Waals surface area contributed by atoms with E-state index in [4.69, 9.17) is 4.74 Å². The molecule has 9 heteroatoms. The summed E-state index contributed by atoms with van der Waals surface area (Å²) < 4.78 is 6.62. The molecule has 0 N–H and O–H groups in total. The highest BCUT2D eigenvalue weighted by Gasteiger charge is 2.28. The summed E-state index contributed by atoms with van der Waals surface area (Å²) in [6, 6.07) is 5.48. The van der Waals surface area contributed by atoms with E-state index in [1.54, 1.807) is 18.4 Å². The van der Waals surface area contributed by atoms with Crippen molar-refractivity contribution in [1.29, 1.82) is 0 Å². The molecule has 1 aromatic heterocycles. The minimum absolute atomic E-state index is 0.149. The van der Waals surface area contributed by atoms with Gasteiger partial charge in [-0.3, -0.25) is 19.7 Å². The van der Waals surface area contributed by atoms with Gasteiger partial charge in [-0.15, -0.1) is 0 Å². The van der Waals surface area contributed by atoms with Crippen LogP contribution in [0.2, 0.25) is 0 Å². The molecule has 178 valence electrons. The average Bonchev–Trinajstić information content (AvgIpc) is 3.04. The molecule has 2 aromatic rings. The molecule has 0 unspecified atom stereocenters. The molecule has 0 bridgehead atoms. The summed E-state index contributed by atoms with van der Waals surface area (Å²) in [5, 5.41) is 11.1. The summed E-state index contributed by atoms with van der Waals surface area (Å²) in [4.78, 5) is 50.9. The van der Waals surface area contributed by atoms with Gasteiger partial charge in [-0.1, -0.05) is 19.9 Å². The van der Waals surface area contributed by atoms with Crippen LogP contribution in [0, 0.1) is 29.9 Å². The summed E-state index contributed by atoms with van der Waals surface area (Å²) in [6.45, 7) is 9.94. The second-order valence-electron chi connectivity index (χ2n) is 8.31. The predicted octanol–water partition coefficient (Wildman–Crippen LogP) is 4.19. The van der Waals surface area contributed by atoms with Gasteiger partial charge < -0.3 is 14.2 Å². The average molecular weight is 458 g/mol. The Morgan fingerprint density at radius 2 is 1.88 bits per heavy atom. The molecule has 33 heavy (non-hydrogen) atoms. The maximum atomic E-state index is 13.4. The zero-order valence-corrected chi connectivity index (χ0v) is 20.0. The Hall–Kier alpha value is -3.49. The first-order chi connectivity index (χ1) is 15.5. The highest BCUT2D eigenvalue weighted by molar-refractivity contribution is 6.06. The Morgan fingerprint density at radius 1 is 1.21 bits per heavy atom. The Morgan fingerprint density at radius 3 is 2.42 bits per heavy atom. The van der Waals surface area contributed by atoms with Gasteiger partial charge >= 0.3 is 5.97 Å². The van der Waals surface area contributed by atoms with E-state index in [1.165, 1.54) is 36.3 Å². The number of hydrogen-bond acceptors (Lipinski definition) is 6. The van der Waals surface area contributed by atoms with Gasteiger partial charge in [-0.05, 0) is 44.7 Å². The summed E-state index contributed by atoms with van der Waals surface area (Å²) in [7, 11) is 1.29. The second-order valence-corrected chi connectivity index (χ2v) is 8.31. The first-order valence-electron chi connectivity index (χ1n) is 10.9. The summed E-state index contributed by atoms with van der Waals surface area (Å²) in [6.07, 6.45) is 0.662. The van der Waals surface area contributed by atoms with Gasteiger partial charge in [0.25, 0.3) is 11.6 Å². The zero-order valence-electron chi connectivity index (χ0n) is 20.0. The maximum Gasteiger partial charge on any atom is 0.354 e. The van der Waals surface area contributed by atoms with Crippen molar-refractivity contribution < 1.29 is 24.0 Å². The molecule has 0 fully saturated rings. The van der Waals surface area contributed by atoms with E-state index in [2.05, 4.69) is 0 Å². The number of Topliss-reactive ketones (excluding diaryl/α,β-unsaturated/α-hetero) is 1. The van der Waals surface area contributed by atoms with Crippen LogP contribution in [-0.2, 0) is 11.3 Å². The van der Waals surface area contributed by atoms with Crippen molar-refractivity contribution in [1.82, 2.24) is 9.47 Å². The Kier molecular flexibility index (Phi) is 8.50. The van der Waals surface area contributed by atoms with E-state index < -0.39 is 16.8 Å². The van der Waals surface area contributed by atoms with Gasteiger partial charge in [0.05, 0.1) is 18.6 Å². The summed E-state index contributed by atoms with van der Waals surface area (Å²) >= 11 is 0. The molecule has 2 rings (SSSR count). The second kappa shape index (κ2) is 10.9. The van der Waals surface area contributed by atoms with Crippen LogP contribution >= 0.6 is 0 Å². The molecular formula is C24H31N3O6. The highest BCUT2D eigenvalue weighted by atomic mass is 16.6. The molecule has 0 spiro atoms. The van der Waals surface area contributed by atoms with Crippen LogP contribution in [-0.4, -0.2) is 52.2 Å². The number of hydrogen-bond donors (Lipinski definition) is 0. The standard InChI is InChI=1S/C24H31N3O6/c1-7-26-17(5)21(16(4)22(26)24(30)33-6)20(28)14-25(12-11-15(2)3)23(29)18-9-8-10-19(13-18)27(31)32/h8-10,13,15H,7,11-12,14H2,1-6H3. The molecular weight excluding hydrogens is 426 g/mol. The van der Waals surface area contributed by atoms with Gasteiger partial charge in [0.15, 0.2) is 5.78 Å². The summed E-state index contributed by atoms with van der Waals surface area (Å²) in [5.74, 6) is -0.993. The van der Waals surface area contributed by atoms with Crippen LogP contribution < -0.4 is 0 Å². The van der Waals surface area contributed by atoms with Crippen molar-refractivity contribution in [3.8, 4) is 0 Å². The van der Waals surface area contributed by atoms with Gasteiger partial charge in [-0.25, -0.2) is 4.79 Å². The third kappa shape index (κ3) is 5.66. The number of rotatable bonds is 10. The fourth-order valence-electron chi connectivity index (χ4n) is 3.91. The van der Waals surface area contributed by atoms with Crippen LogP contribution in [0.4, 0.5) is 5.69 Å². The van der Waals surface area contributed by atoms with Gasteiger partial charge in [-0.2, -0.15) is 0 Å². The number of nitro groups is 1. The normalized spacial score (nSPS) is 10.9. The molecule has 9 nitrogen and oxygen atoms in total. The number of nitro benzene ring substituents is 1. The number of esters is 1. The molecule has 0 radical (unpaired) electrons. The minimum atomic E-state index is -0.561. The first kappa shape index (κ1) is 25.8. The number of ether oxygens (including phenoxy) is 1. The number of ketones is 1. The molecule has 1 amide bonds. The molecule has 0 saturated carbocycles. The molecule has 0 aliphatic heterocycles. The molecule has 1 aromatic carbocycles. The Bertz CT molecular complexity index is 1070. The fourth-order valence-corrected chi connectivity index (χ4v) is 3.91. The quantitative estimate of drug-likeness (QED) is 0.229. The van der Waals surface area contributed by atoms with E-state index in [1.807, 2.05) is 20.8 Å². The van der Waals surface area contributed by atoms with E-state index in [0.717, 1.165) is 0 Å². The molecule has 0 saturated heterocycles. The SMILES string of the molecule is CCn1c(C)c(C(=O)CN(CCC(C)C)C(=O)c2cccc([N+](=O)[O-])c2)c(C)c1C(=O)OC. The molecule has 1 heterocycles. The topological polar surface area (TPSA) is 112 Å². The largest absolute Gasteiger partial charge is 0.464 e. The third-order valence-electron chi connectivity index (χ3n) is 5.64. The fraction of sp³-hybridized carbons (Fsp3) is 0.458. The van der Waals surface area contributed by atoms with E-state index in [0.29, 0.717) is 42.0 Å². The van der Waals surface area contributed by atoms with Crippen molar-refractivity contribution in [3.05, 3.63) is 62.5 Å². The van der Waals surface area contributed by atoms with E-state index in [9.17, 15) is 24.5 Å². The van der Waals surface area contributed by atoms with Crippen LogP contribution in [0.5, 0.6) is 0 Å². The monoisotopic (exact) mass is 457 g/mol. The Balaban J connectivity index is 2.43. The van der Waals surface area contributed by atoms with Crippen molar-refractivity contribution >= 4 is 23.3 Å². The van der Waals surface area contributed by atoms with Crippen molar-refractivity contribution in [2.75, 3.05) is 20.2 Å². The maximum absolute atomic E-state index is 13.4. The van der Waals surface area contributed by atoms with Crippen LogP contribution in [0.15, 0.2) is 24.3 Å². The summed E-state index contributed by atoms with van der Waals surface area (Å²) in [5.41, 5.74) is 1.81. The third-order valence-corrected chi connectivity index (χ3v) is 5.64. The number of benzene rings is 1. The van der Waals surface area contributed by atoms with Crippen molar-refractivity contribution in [2.24, 2.45) is 5.92 Å². The first-order valence-corrected chi connectivity index (χ1v) is 10.9. The van der Waals surface area contributed by atoms with Crippen molar-refractivity contribution in [3.63, 3.8) is 0 Å². The lowest BCUT2D eigenvalue weighted by atomic mass is 10.0. The lowest BCUT2D eigenvalue weighted by Gasteiger charge is -2.23. The predicted molar refractivity (Wildman–Crippen MR) is 124 cm³/mol. The number of nitrogens with zero attached hydrogens (tertiary/aromatic N) is 3. The number of carbonyl (C=O) groups is 3. The van der Waals surface area contributed by atoms with Crippen LogP contribution in [0.1, 0.15) is 69.7 Å². The van der Waals surface area contributed by atoms with Gasteiger partial charge in [0.2, 0.25) is 0 Å². The molecule has 0 atom stereocenters. The number of non-ortho nitro benzene ring substituents is 1. The lowest BCUT2D eigenvalue weighted by Crippen LogP contribution is -2.37. The van der Waals surface area contributed by atoms with Crippen molar-refractivity contribution in [2.45, 2.75) is 47.6 Å². The van der Waals surface area contributed by atoms with Gasteiger partial charge in [0.1, 0.15) is 5.69 Å². The van der Waals surface area contributed by atoms with E-state index >= 15 is 0 Å². The number of carbonyl (C=O) groups excluding carboxylic acids is 3. The van der Waals surface area contributed by atoms with Gasteiger partial charge in [0, 0.05) is 42.0 Å². The lowest BCUT2D eigenvalue weighted by molar-refractivity contribution is -0.384. The number of aromatic nitrogens is 1. The van der Waals surface area contributed by atoms with Crippen LogP contribution in [0.25, 0.3) is 0 Å². The number of amides is 1. The van der Waals surface area contributed by atoms with Crippen LogP contribution in [0.3, 0.4) is 0 Å². The smallest absolute Gasteiger partial charge is 0.354 e.